The third-order valence-corrected chi connectivity index (χ3v) is 4.47. The van der Waals surface area contributed by atoms with E-state index in [0.717, 1.165) is 11.3 Å². The van der Waals surface area contributed by atoms with Gasteiger partial charge in [0.2, 0.25) is 11.7 Å². The van der Waals surface area contributed by atoms with Crippen LogP contribution in [0.5, 0.6) is 0 Å². The molecule has 0 saturated carbocycles. The van der Waals surface area contributed by atoms with Crippen LogP contribution in [0, 0.1) is 18.3 Å². The molecule has 7 heteroatoms. The third kappa shape index (κ3) is 4.35. The number of ketones is 1. The van der Waals surface area contributed by atoms with Crippen LogP contribution in [0.1, 0.15) is 33.7 Å². The van der Waals surface area contributed by atoms with Crippen molar-refractivity contribution >= 4 is 17.5 Å². The SMILES string of the molecule is Cc1ccc(C(=O)c2ccc(CC(=O)Nc3ccn(CCC#N)n3)n2C)cc1. The largest absolute Gasteiger partial charge is 0.344 e. The van der Waals surface area contributed by atoms with Crippen LogP contribution < -0.4 is 5.32 Å². The Morgan fingerprint density at radius 3 is 2.61 bits per heavy atom. The highest BCUT2D eigenvalue weighted by atomic mass is 16.1. The van der Waals surface area contributed by atoms with E-state index in [1.807, 2.05) is 19.1 Å². The number of nitriles is 1. The van der Waals surface area contributed by atoms with Gasteiger partial charge in [-0.1, -0.05) is 29.8 Å². The molecule has 0 fully saturated rings. The van der Waals surface area contributed by atoms with E-state index in [0.29, 0.717) is 30.0 Å². The van der Waals surface area contributed by atoms with E-state index < -0.39 is 0 Å². The normalized spacial score (nSPS) is 10.5. The third-order valence-electron chi connectivity index (χ3n) is 4.47. The lowest BCUT2D eigenvalue weighted by Crippen LogP contribution is -2.18. The molecular formula is C21H21N5O2. The summed E-state index contributed by atoms with van der Waals surface area (Å²) in [6.07, 6.45) is 2.20. The molecule has 0 aliphatic rings. The van der Waals surface area contributed by atoms with Gasteiger partial charge < -0.3 is 9.88 Å². The summed E-state index contributed by atoms with van der Waals surface area (Å²) in [5.74, 6) is 0.138. The molecule has 142 valence electrons. The molecule has 0 aliphatic carbocycles. The van der Waals surface area contributed by atoms with Crippen LogP contribution in [0.15, 0.2) is 48.7 Å². The maximum Gasteiger partial charge on any atom is 0.231 e. The van der Waals surface area contributed by atoms with Crippen LogP contribution in [0.3, 0.4) is 0 Å². The molecule has 2 heterocycles. The summed E-state index contributed by atoms with van der Waals surface area (Å²) < 4.78 is 3.35. The maximum absolute atomic E-state index is 12.7. The summed E-state index contributed by atoms with van der Waals surface area (Å²) >= 11 is 0. The van der Waals surface area contributed by atoms with E-state index in [1.54, 1.807) is 52.8 Å². The number of benzene rings is 1. The maximum atomic E-state index is 12.7. The molecule has 1 aromatic carbocycles. The Kier molecular flexibility index (Phi) is 5.70. The van der Waals surface area contributed by atoms with Gasteiger partial charge in [-0.3, -0.25) is 14.3 Å². The fourth-order valence-corrected chi connectivity index (χ4v) is 2.88. The zero-order valence-corrected chi connectivity index (χ0v) is 15.8. The highest BCUT2D eigenvalue weighted by molar-refractivity contribution is 6.08. The second-order valence-corrected chi connectivity index (χ2v) is 6.56. The molecule has 3 aromatic rings. The fourth-order valence-electron chi connectivity index (χ4n) is 2.88. The minimum atomic E-state index is -0.221. The van der Waals surface area contributed by atoms with Crippen molar-refractivity contribution in [3.05, 3.63) is 71.2 Å². The predicted molar refractivity (Wildman–Crippen MR) is 105 cm³/mol. The van der Waals surface area contributed by atoms with Gasteiger partial charge in [0.1, 0.15) is 0 Å². The summed E-state index contributed by atoms with van der Waals surface area (Å²) in [4.78, 5) is 25.0. The molecule has 0 spiro atoms. The highest BCUT2D eigenvalue weighted by Crippen LogP contribution is 2.15. The second kappa shape index (κ2) is 8.35. The van der Waals surface area contributed by atoms with Crippen molar-refractivity contribution in [2.45, 2.75) is 26.3 Å². The van der Waals surface area contributed by atoms with E-state index in [-0.39, 0.29) is 18.1 Å². The molecule has 0 atom stereocenters. The zero-order valence-electron chi connectivity index (χ0n) is 15.8. The molecule has 1 N–H and O–H groups in total. The molecular weight excluding hydrogens is 354 g/mol. The molecule has 0 bridgehead atoms. The number of amides is 1. The van der Waals surface area contributed by atoms with Gasteiger partial charge in [-0.2, -0.15) is 10.4 Å². The molecule has 0 unspecified atom stereocenters. The number of aromatic nitrogens is 3. The van der Waals surface area contributed by atoms with Gasteiger partial charge in [0.05, 0.1) is 31.1 Å². The fraction of sp³-hybridized carbons (Fsp3) is 0.238. The van der Waals surface area contributed by atoms with Crippen molar-refractivity contribution in [2.75, 3.05) is 5.32 Å². The Morgan fingerprint density at radius 2 is 1.89 bits per heavy atom. The summed E-state index contributed by atoms with van der Waals surface area (Å²) in [5.41, 5.74) is 2.98. The lowest BCUT2D eigenvalue weighted by Gasteiger charge is -2.08. The van der Waals surface area contributed by atoms with Gasteiger partial charge in [0.15, 0.2) is 5.82 Å². The summed E-state index contributed by atoms with van der Waals surface area (Å²) in [7, 11) is 1.78. The van der Waals surface area contributed by atoms with Gasteiger partial charge in [-0.05, 0) is 19.1 Å². The first kappa shape index (κ1) is 19.1. The quantitative estimate of drug-likeness (QED) is 0.643. The summed E-state index contributed by atoms with van der Waals surface area (Å²) in [6.45, 7) is 2.45. The Labute approximate surface area is 163 Å². The van der Waals surface area contributed by atoms with Crippen LogP contribution in [-0.2, 0) is 24.8 Å². The van der Waals surface area contributed by atoms with Crippen LogP contribution in [-0.4, -0.2) is 26.0 Å². The number of nitrogens with one attached hydrogen (secondary N) is 1. The molecule has 2 aromatic heterocycles. The molecule has 7 nitrogen and oxygen atoms in total. The number of hydrogen-bond acceptors (Lipinski definition) is 4. The van der Waals surface area contributed by atoms with E-state index in [2.05, 4.69) is 16.5 Å². The smallest absolute Gasteiger partial charge is 0.231 e. The van der Waals surface area contributed by atoms with E-state index in [9.17, 15) is 9.59 Å². The number of carbonyl (C=O) groups is 2. The molecule has 0 radical (unpaired) electrons. The standard InChI is InChI=1S/C21H21N5O2/c1-15-4-6-16(7-5-15)21(28)18-9-8-17(25(18)2)14-20(27)23-19-10-13-26(24-19)12-3-11-22/h4-10,13H,3,12,14H2,1-2H3,(H,23,24,27). The lowest BCUT2D eigenvalue weighted by molar-refractivity contribution is -0.115. The van der Waals surface area contributed by atoms with E-state index in [1.165, 1.54) is 0 Å². The molecule has 3 rings (SSSR count). The Balaban J connectivity index is 1.66. The number of aryl methyl sites for hydroxylation is 2. The summed E-state index contributed by atoms with van der Waals surface area (Å²) in [6, 6.07) is 14.7. The minimum Gasteiger partial charge on any atom is -0.344 e. The van der Waals surface area contributed by atoms with Gasteiger partial charge in [-0.15, -0.1) is 0 Å². The second-order valence-electron chi connectivity index (χ2n) is 6.56. The first-order chi connectivity index (χ1) is 13.5. The Hall–Kier alpha value is -3.66. The van der Waals surface area contributed by atoms with Gasteiger partial charge in [0.25, 0.3) is 0 Å². The Morgan fingerprint density at radius 1 is 1.14 bits per heavy atom. The van der Waals surface area contributed by atoms with Crippen LogP contribution in [0.25, 0.3) is 0 Å². The van der Waals surface area contributed by atoms with Crippen molar-refractivity contribution in [1.82, 2.24) is 14.3 Å². The van der Waals surface area contributed by atoms with Crippen molar-refractivity contribution in [2.24, 2.45) is 7.05 Å². The summed E-state index contributed by atoms with van der Waals surface area (Å²) in [5, 5.41) is 15.6. The monoisotopic (exact) mass is 375 g/mol. The minimum absolute atomic E-state index is 0.0783. The van der Waals surface area contributed by atoms with Crippen LogP contribution >= 0.6 is 0 Å². The van der Waals surface area contributed by atoms with Gasteiger partial charge in [-0.25, -0.2) is 0 Å². The molecule has 0 saturated heterocycles. The molecule has 28 heavy (non-hydrogen) atoms. The average molecular weight is 375 g/mol. The van der Waals surface area contributed by atoms with Crippen LogP contribution in [0.4, 0.5) is 5.82 Å². The number of anilines is 1. The van der Waals surface area contributed by atoms with Crippen molar-refractivity contribution < 1.29 is 9.59 Å². The number of rotatable bonds is 7. The Bertz CT molecular complexity index is 1040. The molecule has 0 aliphatic heterocycles. The number of nitrogens with zero attached hydrogens (tertiary/aromatic N) is 4. The van der Waals surface area contributed by atoms with Crippen molar-refractivity contribution in [3.8, 4) is 6.07 Å². The number of hydrogen-bond donors (Lipinski definition) is 1. The zero-order chi connectivity index (χ0) is 20.1. The van der Waals surface area contributed by atoms with E-state index in [4.69, 9.17) is 5.26 Å². The van der Waals surface area contributed by atoms with Crippen molar-refractivity contribution in [1.29, 1.82) is 5.26 Å². The first-order valence-corrected chi connectivity index (χ1v) is 8.94. The number of carbonyl (C=O) groups excluding carboxylic acids is 2. The average Bonchev–Trinajstić information content (AvgIpc) is 3.27. The lowest BCUT2D eigenvalue weighted by atomic mass is 10.1. The predicted octanol–water partition coefficient (Wildman–Crippen LogP) is 2.86. The van der Waals surface area contributed by atoms with Gasteiger partial charge in [0, 0.05) is 30.6 Å². The first-order valence-electron chi connectivity index (χ1n) is 8.94. The van der Waals surface area contributed by atoms with Crippen molar-refractivity contribution in [3.63, 3.8) is 0 Å². The van der Waals surface area contributed by atoms with Gasteiger partial charge >= 0.3 is 0 Å². The van der Waals surface area contributed by atoms with Crippen LogP contribution in [0.2, 0.25) is 0 Å². The molecule has 1 amide bonds. The highest BCUT2D eigenvalue weighted by Gasteiger charge is 2.16. The topological polar surface area (TPSA) is 92.7 Å². The van der Waals surface area contributed by atoms with E-state index >= 15 is 0 Å².